The van der Waals surface area contributed by atoms with Gasteiger partial charge in [-0.2, -0.15) is 0 Å². The van der Waals surface area contributed by atoms with E-state index in [4.69, 9.17) is 4.74 Å². The van der Waals surface area contributed by atoms with Crippen molar-refractivity contribution in [2.24, 2.45) is 0 Å². The lowest BCUT2D eigenvalue weighted by Crippen LogP contribution is -2.33. The molecule has 0 saturated carbocycles. The first-order chi connectivity index (χ1) is 8.65. The Hall–Kier alpha value is -1.86. The summed E-state index contributed by atoms with van der Waals surface area (Å²) in [6, 6.07) is 5.94. The van der Waals surface area contributed by atoms with Crippen molar-refractivity contribution in [3.05, 3.63) is 34.4 Å². The summed E-state index contributed by atoms with van der Waals surface area (Å²) in [6.45, 7) is 0.890. The average Bonchev–Trinajstić information content (AvgIpc) is 2.37. The molecular weight excluding hydrogens is 274 g/mol. The van der Waals surface area contributed by atoms with Gasteiger partial charge in [0.1, 0.15) is 0 Å². The lowest BCUT2D eigenvalue weighted by Gasteiger charge is -2.07. The number of hydrogen-bond acceptors (Lipinski definition) is 5. The molecule has 0 atom stereocenters. The fourth-order valence-corrected chi connectivity index (χ4v) is 1.25. The summed E-state index contributed by atoms with van der Waals surface area (Å²) >= 11 is 0. The van der Waals surface area contributed by atoms with Crippen LogP contribution in [0.4, 0.5) is 5.69 Å². The van der Waals surface area contributed by atoms with Gasteiger partial charge in [-0.3, -0.25) is 14.9 Å². The highest BCUT2D eigenvalue weighted by Crippen LogP contribution is 2.25. The lowest BCUT2D eigenvalue weighted by atomic mass is 10.3. The first-order valence-corrected chi connectivity index (χ1v) is 5.42. The van der Waals surface area contributed by atoms with Gasteiger partial charge in [-0.1, -0.05) is 12.1 Å². The fourth-order valence-electron chi connectivity index (χ4n) is 1.25. The van der Waals surface area contributed by atoms with E-state index in [1.165, 1.54) is 18.2 Å². The van der Waals surface area contributed by atoms with Crippen LogP contribution in [0.3, 0.4) is 0 Å². The van der Waals surface area contributed by atoms with E-state index in [9.17, 15) is 14.9 Å². The highest BCUT2D eigenvalue weighted by Gasteiger charge is 2.14. The Morgan fingerprint density at radius 3 is 2.68 bits per heavy atom. The molecule has 0 radical (unpaired) electrons. The maximum Gasteiger partial charge on any atom is 0.310 e. The van der Waals surface area contributed by atoms with E-state index in [0.29, 0.717) is 13.1 Å². The highest BCUT2D eigenvalue weighted by molar-refractivity contribution is 5.85. The molecule has 7 nitrogen and oxygen atoms in total. The standard InChI is InChI=1S/C11H15N3O4.ClH/c1-12-6-7-13-11(15)8-18-10-5-3-2-4-9(10)14(16)17;/h2-5,12H,6-8H2,1H3,(H,13,15);1H. The van der Waals surface area contributed by atoms with Crippen molar-refractivity contribution in [1.82, 2.24) is 10.6 Å². The molecule has 0 spiro atoms. The number of halogens is 1. The molecule has 19 heavy (non-hydrogen) atoms. The van der Waals surface area contributed by atoms with E-state index < -0.39 is 4.92 Å². The number of rotatable bonds is 7. The van der Waals surface area contributed by atoms with Crippen molar-refractivity contribution < 1.29 is 14.5 Å². The number of carbonyl (C=O) groups excluding carboxylic acids is 1. The summed E-state index contributed by atoms with van der Waals surface area (Å²) in [7, 11) is 1.77. The quantitative estimate of drug-likeness (QED) is 0.438. The minimum Gasteiger partial charge on any atom is -0.477 e. The SMILES string of the molecule is CNCCNC(=O)COc1ccccc1[N+](=O)[O-].Cl. The third-order valence-corrected chi connectivity index (χ3v) is 2.12. The second kappa shape index (κ2) is 9.12. The number of nitro groups is 1. The number of likely N-dealkylation sites (N-methyl/N-ethyl adjacent to an activating group) is 1. The van der Waals surface area contributed by atoms with Crippen molar-refractivity contribution in [3.8, 4) is 5.75 Å². The summed E-state index contributed by atoms with van der Waals surface area (Å²) in [5.74, 6) is -0.227. The van der Waals surface area contributed by atoms with Crippen LogP contribution in [-0.2, 0) is 4.79 Å². The van der Waals surface area contributed by atoms with Gasteiger partial charge in [0.05, 0.1) is 4.92 Å². The lowest BCUT2D eigenvalue weighted by molar-refractivity contribution is -0.385. The molecule has 0 aliphatic carbocycles. The van der Waals surface area contributed by atoms with Crippen LogP contribution in [-0.4, -0.2) is 37.6 Å². The van der Waals surface area contributed by atoms with Crippen molar-refractivity contribution in [2.75, 3.05) is 26.7 Å². The Balaban J connectivity index is 0.00000324. The molecule has 106 valence electrons. The van der Waals surface area contributed by atoms with Crippen LogP contribution in [0.1, 0.15) is 0 Å². The van der Waals surface area contributed by atoms with E-state index in [1.54, 1.807) is 13.1 Å². The van der Waals surface area contributed by atoms with E-state index in [2.05, 4.69) is 10.6 Å². The first kappa shape index (κ1) is 17.1. The number of nitrogens with zero attached hydrogens (tertiary/aromatic N) is 1. The number of carbonyl (C=O) groups is 1. The smallest absolute Gasteiger partial charge is 0.310 e. The van der Waals surface area contributed by atoms with Gasteiger partial charge in [-0.05, 0) is 13.1 Å². The minimum absolute atomic E-state index is 0. The summed E-state index contributed by atoms with van der Waals surface area (Å²) in [6.07, 6.45) is 0. The molecule has 2 N–H and O–H groups in total. The van der Waals surface area contributed by atoms with Crippen LogP contribution >= 0.6 is 12.4 Å². The maximum absolute atomic E-state index is 11.3. The van der Waals surface area contributed by atoms with Crippen molar-refractivity contribution >= 4 is 24.0 Å². The molecule has 0 aromatic heterocycles. The largest absolute Gasteiger partial charge is 0.477 e. The van der Waals surface area contributed by atoms with Crippen molar-refractivity contribution in [1.29, 1.82) is 0 Å². The zero-order valence-electron chi connectivity index (χ0n) is 10.4. The maximum atomic E-state index is 11.3. The molecule has 0 saturated heterocycles. The Labute approximate surface area is 116 Å². The van der Waals surface area contributed by atoms with E-state index in [1.807, 2.05) is 0 Å². The van der Waals surface area contributed by atoms with Crippen LogP contribution in [0.15, 0.2) is 24.3 Å². The molecule has 0 aliphatic rings. The topological polar surface area (TPSA) is 93.5 Å². The van der Waals surface area contributed by atoms with Gasteiger partial charge in [-0.25, -0.2) is 0 Å². The predicted octanol–water partition coefficient (Wildman–Crippen LogP) is 0.731. The molecule has 1 rings (SSSR count). The van der Waals surface area contributed by atoms with Gasteiger partial charge < -0.3 is 15.4 Å². The third-order valence-electron chi connectivity index (χ3n) is 2.12. The Morgan fingerprint density at radius 2 is 2.05 bits per heavy atom. The van der Waals surface area contributed by atoms with Gasteiger partial charge in [0, 0.05) is 19.2 Å². The van der Waals surface area contributed by atoms with Crippen LogP contribution in [0.5, 0.6) is 5.75 Å². The van der Waals surface area contributed by atoms with Crippen molar-refractivity contribution in [2.45, 2.75) is 0 Å². The zero-order valence-corrected chi connectivity index (χ0v) is 11.2. The third kappa shape index (κ3) is 6.03. The minimum atomic E-state index is -0.547. The van der Waals surface area contributed by atoms with E-state index in [0.717, 1.165) is 0 Å². The van der Waals surface area contributed by atoms with Crippen LogP contribution in [0.2, 0.25) is 0 Å². The summed E-state index contributed by atoms with van der Waals surface area (Å²) in [5, 5.41) is 16.2. The Bertz CT molecular complexity index is 428. The second-order valence-corrected chi connectivity index (χ2v) is 3.47. The van der Waals surface area contributed by atoms with Gasteiger partial charge >= 0.3 is 5.69 Å². The van der Waals surface area contributed by atoms with E-state index >= 15 is 0 Å². The van der Waals surface area contributed by atoms with Gasteiger partial charge in [0.25, 0.3) is 5.91 Å². The van der Waals surface area contributed by atoms with Crippen molar-refractivity contribution in [3.63, 3.8) is 0 Å². The molecule has 0 heterocycles. The second-order valence-electron chi connectivity index (χ2n) is 3.47. The van der Waals surface area contributed by atoms with Crippen LogP contribution < -0.4 is 15.4 Å². The predicted molar refractivity (Wildman–Crippen MR) is 72.8 cm³/mol. The summed E-state index contributed by atoms with van der Waals surface area (Å²) in [5.41, 5.74) is -0.152. The first-order valence-electron chi connectivity index (χ1n) is 5.42. The summed E-state index contributed by atoms with van der Waals surface area (Å²) < 4.78 is 5.12. The molecule has 1 aromatic carbocycles. The molecular formula is C11H16ClN3O4. The molecule has 1 amide bonds. The van der Waals surface area contributed by atoms with Gasteiger partial charge in [0.15, 0.2) is 12.4 Å². The zero-order chi connectivity index (χ0) is 13.4. The highest BCUT2D eigenvalue weighted by atomic mass is 35.5. The monoisotopic (exact) mass is 289 g/mol. The van der Waals surface area contributed by atoms with Gasteiger partial charge in [-0.15, -0.1) is 12.4 Å². The number of nitrogens with one attached hydrogen (secondary N) is 2. The Morgan fingerprint density at radius 1 is 1.37 bits per heavy atom. The molecule has 0 aliphatic heterocycles. The molecule has 0 fully saturated rings. The fraction of sp³-hybridized carbons (Fsp3) is 0.364. The molecule has 0 bridgehead atoms. The van der Waals surface area contributed by atoms with E-state index in [-0.39, 0.29) is 36.4 Å². The number of para-hydroxylation sites is 2. The van der Waals surface area contributed by atoms with Crippen LogP contribution in [0.25, 0.3) is 0 Å². The molecule has 0 unspecified atom stereocenters. The average molecular weight is 290 g/mol. The molecule has 8 heteroatoms. The summed E-state index contributed by atoms with van der Waals surface area (Å²) in [4.78, 5) is 21.5. The van der Waals surface area contributed by atoms with Gasteiger partial charge in [0.2, 0.25) is 0 Å². The normalized spacial score (nSPS) is 9.32. The Kier molecular flexibility index (Phi) is 8.23. The molecule has 1 aromatic rings. The van der Waals surface area contributed by atoms with Crippen LogP contribution in [0, 0.1) is 10.1 Å². The number of benzene rings is 1. The number of nitro benzene ring substituents is 1. The number of amides is 1. The number of hydrogen-bond donors (Lipinski definition) is 2. The number of ether oxygens (including phenoxy) is 1.